The average Bonchev–Trinajstić information content (AvgIpc) is 2.55. The largest absolute Gasteiger partial charge is 0.465 e. The lowest BCUT2D eigenvalue weighted by molar-refractivity contribution is 0.0600. The number of nitrogens with one attached hydrogen (secondary N) is 2. The summed E-state index contributed by atoms with van der Waals surface area (Å²) in [5, 5.41) is 6.32. The van der Waals surface area contributed by atoms with Crippen LogP contribution in [0, 0.1) is 0 Å². The highest BCUT2D eigenvalue weighted by Crippen LogP contribution is 2.26. The van der Waals surface area contributed by atoms with Gasteiger partial charge in [0.15, 0.2) is 0 Å². The Morgan fingerprint density at radius 1 is 1.12 bits per heavy atom. The number of nitrogens with zero attached hydrogens (tertiary/aromatic N) is 1. The second-order valence-corrected chi connectivity index (χ2v) is 6.85. The fourth-order valence-corrected chi connectivity index (χ4v) is 2.22. The minimum absolute atomic E-state index is 0.202. The van der Waals surface area contributed by atoms with Gasteiger partial charge < -0.3 is 15.4 Å². The zero-order valence-electron chi connectivity index (χ0n) is 14.5. The number of ether oxygens (including phenoxy) is 1. The summed E-state index contributed by atoms with van der Waals surface area (Å²) in [6.07, 6.45) is 1.53. The van der Waals surface area contributed by atoms with Crippen molar-refractivity contribution in [3.8, 4) is 0 Å². The van der Waals surface area contributed by atoms with Crippen molar-refractivity contribution in [2.45, 2.75) is 26.3 Å². The Labute approximate surface area is 151 Å². The molecule has 0 spiro atoms. The van der Waals surface area contributed by atoms with Gasteiger partial charge in [0.05, 0.1) is 23.4 Å². The van der Waals surface area contributed by atoms with Crippen LogP contribution >= 0.6 is 11.6 Å². The molecule has 2 N–H and O–H groups in total. The second kappa shape index (κ2) is 7.53. The number of hydrogen-bond donors (Lipinski definition) is 2. The molecule has 1 amide bonds. The fraction of sp³-hybridized carbons (Fsp3) is 0.278. The summed E-state index contributed by atoms with van der Waals surface area (Å²) in [5.74, 6) is -0.233. The van der Waals surface area contributed by atoms with E-state index in [1.54, 1.807) is 30.3 Å². The number of rotatable bonds is 4. The molecule has 0 saturated carbocycles. The first-order valence-electron chi connectivity index (χ1n) is 7.63. The lowest BCUT2D eigenvalue weighted by Crippen LogP contribution is -2.40. The van der Waals surface area contributed by atoms with Crippen LogP contribution in [0.2, 0.25) is 5.02 Å². The number of anilines is 2. The summed E-state index contributed by atoms with van der Waals surface area (Å²) in [6.45, 7) is 5.72. The normalized spacial score (nSPS) is 10.9. The van der Waals surface area contributed by atoms with Crippen LogP contribution in [-0.2, 0) is 4.74 Å². The van der Waals surface area contributed by atoms with Crippen LogP contribution < -0.4 is 10.6 Å². The highest BCUT2D eigenvalue weighted by Gasteiger charge is 2.16. The van der Waals surface area contributed by atoms with Gasteiger partial charge in [-0.2, -0.15) is 0 Å². The maximum Gasteiger partial charge on any atom is 0.337 e. The van der Waals surface area contributed by atoms with Crippen molar-refractivity contribution < 1.29 is 14.3 Å². The van der Waals surface area contributed by atoms with Crippen LogP contribution in [0.3, 0.4) is 0 Å². The van der Waals surface area contributed by atoms with E-state index < -0.39 is 5.97 Å². The third-order valence-electron chi connectivity index (χ3n) is 3.16. The van der Waals surface area contributed by atoms with Crippen LogP contribution in [0.5, 0.6) is 0 Å². The monoisotopic (exact) mass is 361 g/mol. The molecule has 0 unspecified atom stereocenters. The summed E-state index contributed by atoms with van der Waals surface area (Å²) < 4.78 is 4.70. The number of methoxy groups -OCH3 is 1. The van der Waals surface area contributed by atoms with E-state index in [4.69, 9.17) is 16.3 Å². The fourth-order valence-electron chi connectivity index (χ4n) is 2.06. The highest BCUT2D eigenvalue weighted by molar-refractivity contribution is 6.33. The number of aromatic nitrogens is 1. The second-order valence-electron chi connectivity index (χ2n) is 6.45. The first-order chi connectivity index (χ1) is 11.7. The molecule has 6 nitrogen and oxygen atoms in total. The Balaban J connectivity index is 2.25. The Morgan fingerprint density at radius 3 is 2.48 bits per heavy atom. The van der Waals surface area contributed by atoms with E-state index in [0.29, 0.717) is 27.7 Å². The summed E-state index contributed by atoms with van der Waals surface area (Å²) in [7, 11) is 1.31. The van der Waals surface area contributed by atoms with Crippen molar-refractivity contribution in [1.82, 2.24) is 10.3 Å². The molecule has 7 heteroatoms. The van der Waals surface area contributed by atoms with Crippen molar-refractivity contribution in [3.05, 3.63) is 52.7 Å². The molecule has 1 heterocycles. The van der Waals surface area contributed by atoms with E-state index in [2.05, 4.69) is 15.6 Å². The highest BCUT2D eigenvalue weighted by atomic mass is 35.5. The zero-order chi connectivity index (χ0) is 18.6. The molecule has 0 aliphatic rings. The molecule has 2 aromatic rings. The number of pyridine rings is 1. The molecule has 1 aromatic carbocycles. The third-order valence-corrected chi connectivity index (χ3v) is 3.49. The molecule has 1 aromatic heterocycles. The van der Waals surface area contributed by atoms with Gasteiger partial charge >= 0.3 is 5.97 Å². The Kier molecular flexibility index (Phi) is 5.64. The summed E-state index contributed by atoms with van der Waals surface area (Å²) >= 11 is 6.16. The van der Waals surface area contributed by atoms with Crippen LogP contribution in [0.4, 0.5) is 11.5 Å². The number of halogens is 1. The first-order valence-corrected chi connectivity index (χ1v) is 8.01. The van der Waals surface area contributed by atoms with E-state index in [1.165, 1.54) is 13.3 Å². The molecule has 25 heavy (non-hydrogen) atoms. The van der Waals surface area contributed by atoms with Crippen LogP contribution in [0.1, 0.15) is 41.5 Å². The van der Waals surface area contributed by atoms with Crippen LogP contribution in [-0.4, -0.2) is 29.5 Å². The van der Waals surface area contributed by atoms with Gasteiger partial charge in [-0.15, -0.1) is 0 Å². The van der Waals surface area contributed by atoms with Gasteiger partial charge in [0.1, 0.15) is 5.82 Å². The molecule has 132 valence electrons. The van der Waals surface area contributed by atoms with Gasteiger partial charge in [-0.25, -0.2) is 9.78 Å². The van der Waals surface area contributed by atoms with Gasteiger partial charge in [-0.05, 0) is 51.1 Å². The van der Waals surface area contributed by atoms with Gasteiger partial charge in [-0.3, -0.25) is 4.79 Å². The van der Waals surface area contributed by atoms with Crippen molar-refractivity contribution in [2.75, 3.05) is 12.4 Å². The number of amides is 1. The first kappa shape index (κ1) is 18.7. The van der Waals surface area contributed by atoms with E-state index >= 15 is 0 Å². The molecular formula is C18H20ClN3O3. The maximum absolute atomic E-state index is 12.3. The van der Waals surface area contributed by atoms with Crippen molar-refractivity contribution in [2.24, 2.45) is 0 Å². The molecule has 0 atom stereocenters. The lowest BCUT2D eigenvalue weighted by Gasteiger charge is -2.20. The van der Waals surface area contributed by atoms with E-state index in [-0.39, 0.29) is 11.4 Å². The summed E-state index contributed by atoms with van der Waals surface area (Å²) in [6, 6.07) is 7.96. The van der Waals surface area contributed by atoms with E-state index in [1.807, 2.05) is 20.8 Å². The number of esters is 1. The molecule has 0 aliphatic carbocycles. The number of benzene rings is 1. The molecule has 2 rings (SSSR count). The smallest absolute Gasteiger partial charge is 0.337 e. The molecule has 0 fully saturated rings. The predicted octanol–water partition coefficient (Wildman–Crippen LogP) is 3.79. The summed E-state index contributed by atoms with van der Waals surface area (Å²) in [5.41, 5.74) is 0.973. The zero-order valence-corrected chi connectivity index (χ0v) is 15.3. The molecule has 0 saturated heterocycles. The quantitative estimate of drug-likeness (QED) is 0.810. The summed E-state index contributed by atoms with van der Waals surface area (Å²) in [4.78, 5) is 28.1. The standard InChI is InChI=1S/C18H20ClN3O3/c1-18(2,3)22-16(23)11-7-8-20-15(10-11)21-14-9-12(17(24)25-4)5-6-13(14)19/h5-10H,1-4H3,(H,20,21)(H,22,23). The van der Waals surface area contributed by atoms with E-state index in [0.717, 1.165) is 0 Å². The maximum atomic E-state index is 12.3. The predicted molar refractivity (Wildman–Crippen MR) is 97.5 cm³/mol. The molecular weight excluding hydrogens is 342 g/mol. The van der Waals surface area contributed by atoms with Crippen molar-refractivity contribution in [3.63, 3.8) is 0 Å². The van der Waals surface area contributed by atoms with Crippen molar-refractivity contribution in [1.29, 1.82) is 0 Å². The molecule has 0 aliphatic heterocycles. The van der Waals surface area contributed by atoms with Crippen LogP contribution in [0.15, 0.2) is 36.5 Å². The Hall–Kier alpha value is -2.60. The topological polar surface area (TPSA) is 80.3 Å². The average molecular weight is 362 g/mol. The Bertz CT molecular complexity index is 800. The molecule has 0 bridgehead atoms. The van der Waals surface area contributed by atoms with E-state index in [9.17, 15) is 9.59 Å². The van der Waals surface area contributed by atoms with Crippen molar-refractivity contribution >= 4 is 35.0 Å². The van der Waals surface area contributed by atoms with Gasteiger partial charge in [0.25, 0.3) is 5.91 Å². The minimum atomic E-state index is -0.467. The minimum Gasteiger partial charge on any atom is -0.465 e. The van der Waals surface area contributed by atoms with Gasteiger partial charge in [0, 0.05) is 17.3 Å². The SMILES string of the molecule is COC(=O)c1ccc(Cl)c(Nc2cc(C(=O)NC(C)(C)C)ccn2)c1. The number of hydrogen-bond acceptors (Lipinski definition) is 5. The number of carbonyl (C=O) groups excluding carboxylic acids is 2. The Morgan fingerprint density at radius 2 is 1.84 bits per heavy atom. The third kappa shape index (κ3) is 5.19. The molecule has 0 radical (unpaired) electrons. The van der Waals surface area contributed by atoms with Crippen LogP contribution in [0.25, 0.3) is 0 Å². The number of carbonyl (C=O) groups is 2. The lowest BCUT2D eigenvalue weighted by atomic mass is 10.1. The van der Waals surface area contributed by atoms with Gasteiger partial charge in [-0.1, -0.05) is 11.6 Å². The van der Waals surface area contributed by atoms with Gasteiger partial charge in [0.2, 0.25) is 0 Å².